The van der Waals surface area contributed by atoms with Gasteiger partial charge in [-0.1, -0.05) is 17.3 Å². The molecule has 26 heavy (non-hydrogen) atoms. The first-order valence-corrected chi connectivity index (χ1v) is 8.17. The summed E-state index contributed by atoms with van der Waals surface area (Å²) in [4.78, 5) is 27.3. The van der Waals surface area contributed by atoms with Gasteiger partial charge < -0.3 is 9.26 Å². The van der Waals surface area contributed by atoms with Crippen LogP contribution in [0.15, 0.2) is 50.0 Å². The monoisotopic (exact) mass is 371 g/mol. The summed E-state index contributed by atoms with van der Waals surface area (Å²) in [5.41, 5.74) is 1.52. The Kier molecular flexibility index (Phi) is 5.23. The number of aromatic nitrogens is 2. The quantitative estimate of drug-likeness (QED) is 0.376. The number of benzene rings is 1. The molecule has 3 rings (SSSR count). The summed E-state index contributed by atoms with van der Waals surface area (Å²) < 4.78 is 9.62. The lowest BCUT2D eigenvalue weighted by atomic mass is 10.1. The van der Waals surface area contributed by atoms with Gasteiger partial charge >= 0.3 is 5.97 Å². The predicted molar refractivity (Wildman–Crippen MR) is 95.3 cm³/mol. The first kappa shape index (κ1) is 17.5. The molecule has 1 aromatic carbocycles. The minimum atomic E-state index is -0.611. The van der Waals surface area contributed by atoms with Crippen LogP contribution in [0, 0.1) is 6.92 Å². The average molecular weight is 371 g/mol. The second kappa shape index (κ2) is 7.74. The van der Waals surface area contributed by atoms with Gasteiger partial charge in [-0.15, -0.1) is 5.10 Å². The molecular weight excluding hydrogens is 358 g/mol. The fourth-order valence-corrected chi connectivity index (χ4v) is 2.69. The first-order chi connectivity index (χ1) is 12.5. The van der Waals surface area contributed by atoms with Gasteiger partial charge in [0.05, 0.1) is 18.2 Å². The molecule has 1 fully saturated rings. The number of hydrogen-bond acceptors (Lipinski definition) is 9. The largest absolute Gasteiger partial charge is 0.466 e. The van der Waals surface area contributed by atoms with Gasteiger partial charge in [-0.3, -0.25) is 10.1 Å². The van der Waals surface area contributed by atoms with Crippen molar-refractivity contribution in [2.75, 3.05) is 7.11 Å². The van der Waals surface area contributed by atoms with Crippen molar-refractivity contribution >= 4 is 35.0 Å². The van der Waals surface area contributed by atoms with Gasteiger partial charge in [0, 0.05) is 11.6 Å². The van der Waals surface area contributed by atoms with Gasteiger partial charge in [-0.25, -0.2) is 4.79 Å². The number of amidine groups is 1. The molecule has 0 unspecified atom stereocenters. The number of thioether (sulfide) groups is 1. The van der Waals surface area contributed by atoms with E-state index >= 15 is 0 Å². The molecule has 9 nitrogen and oxygen atoms in total. The maximum absolute atomic E-state index is 11.7. The van der Waals surface area contributed by atoms with E-state index in [0.29, 0.717) is 11.7 Å². The summed E-state index contributed by atoms with van der Waals surface area (Å²) in [7, 11) is 1.24. The lowest BCUT2D eigenvalue weighted by molar-refractivity contribution is -0.135. The number of aryl methyl sites for hydroxylation is 1. The highest BCUT2D eigenvalue weighted by Crippen LogP contribution is 2.23. The molecule has 1 aromatic heterocycles. The standard InChI is InChI=1S/C16H13N5O4S/c1-9-18-15(25-21-9)11-5-3-4-10(6-11)8-17-20-16-19-14(23)12(26-16)7-13(22)24-2/h3-8H,1-2H3,(H,19,20,23)/b12-7+,17-8?. The molecule has 0 atom stereocenters. The van der Waals surface area contributed by atoms with E-state index in [4.69, 9.17) is 4.52 Å². The second-order valence-corrected chi connectivity index (χ2v) is 6.04. The molecule has 0 aliphatic carbocycles. The third-order valence-corrected chi connectivity index (χ3v) is 4.02. The molecule has 1 aliphatic heterocycles. The Morgan fingerprint density at radius 1 is 1.42 bits per heavy atom. The topological polar surface area (TPSA) is 119 Å². The van der Waals surface area contributed by atoms with Crippen molar-refractivity contribution in [1.82, 2.24) is 15.5 Å². The van der Waals surface area contributed by atoms with Crippen molar-refractivity contribution in [2.24, 2.45) is 10.2 Å². The van der Waals surface area contributed by atoms with E-state index in [-0.39, 0.29) is 10.1 Å². The van der Waals surface area contributed by atoms with Gasteiger partial charge in [-0.05, 0) is 36.4 Å². The van der Waals surface area contributed by atoms with E-state index in [0.717, 1.165) is 29.0 Å². The fourth-order valence-electron chi connectivity index (χ4n) is 1.96. The minimum Gasteiger partial charge on any atom is -0.466 e. The van der Waals surface area contributed by atoms with Crippen LogP contribution in [0.25, 0.3) is 11.5 Å². The van der Waals surface area contributed by atoms with Crippen LogP contribution in [-0.2, 0) is 14.3 Å². The van der Waals surface area contributed by atoms with Crippen LogP contribution in [0.5, 0.6) is 0 Å². The van der Waals surface area contributed by atoms with Gasteiger partial charge in [0.15, 0.2) is 11.0 Å². The zero-order chi connectivity index (χ0) is 18.5. The summed E-state index contributed by atoms with van der Waals surface area (Å²) >= 11 is 1.00. The van der Waals surface area contributed by atoms with Crippen molar-refractivity contribution in [3.8, 4) is 11.5 Å². The van der Waals surface area contributed by atoms with Crippen LogP contribution in [-0.4, -0.2) is 40.5 Å². The number of carbonyl (C=O) groups is 2. The van der Waals surface area contributed by atoms with E-state index in [2.05, 4.69) is 30.4 Å². The zero-order valence-corrected chi connectivity index (χ0v) is 14.6. The summed E-state index contributed by atoms with van der Waals surface area (Å²) in [5.74, 6) is -0.0702. The van der Waals surface area contributed by atoms with Crippen LogP contribution < -0.4 is 5.32 Å². The molecule has 2 aromatic rings. The molecular formula is C16H13N5O4S. The van der Waals surface area contributed by atoms with E-state index in [9.17, 15) is 9.59 Å². The van der Waals surface area contributed by atoms with E-state index in [1.165, 1.54) is 13.3 Å². The molecule has 1 amide bonds. The maximum atomic E-state index is 11.7. The third kappa shape index (κ3) is 4.22. The zero-order valence-electron chi connectivity index (χ0n) is 13.8. The van der Waals surface area contributed by atoms with Crippen molar-refractivity contribution in [2.45, 2.75) is 6.92 Å². The van der Waals surface area contributed by atoms with Gasteiger partial charge in [0.1, 0.15) is 0 Å². The van der Waals surface area contributed by atoms with E-state index < -0.39 is 11.9 Å². The number of hydrogen-bond donors (Lipinski definition) is 1. The molecule has 10 heteroatoms. The highest BCUT2D eigenvalue weighted by molar-refractivity contribution is 8.18. The number of carbonyl (C=O) groups excluding carboxylic acids is 2. The first-order valence-electron chi connectivity index (χ1n) is 7.36. The molecule has 1 saturated heterocycles. The summed E-state index contributed by atoms with van der Waals surface area (Å²) in [6.45, 7) is 1.74. The predicted octanol–water partition coefficient (Wildman–Crippen LogP) is 1.65. The number of rotatable bonds is 4. The lowest BCUT2D eigenvalue weighted by Gasteiger charge is -1.96. The number of ether oxygens (including phenoxy) is 1. The van der Waals surface area contributed by atoms with Crippen molar-refractivity contribution in [3.63, 3.8) is 0 Å². The van der Waals surface area contributed by atoms with Crippen molar-refractivity contribution < 1.29 is 18.8 Å². The molecule has 1 aliphatic rings. The van der Waals surface area contributed by atoms with E-state index in [1.807, 2.05) is 24.3 Å². The Hall–Kier alpha value is -3.27. The van der Waals surface area contributed by atoms with Crippen LogP contribution >= 0.6 is 11.8 Å². The Bertz CT molecular complexity index is 948. The van der Waals surface area contributed by atoms with Crippen LogP contribution in [0.2, 0.25) is 0 Å². The normalized spacial score (nSPS) is 17.2. The van der Waals surface area contributed by atoms with Gasteiger partial charge in [0.2, 0.25) is 0 Å². The Labute approximate surface area is 152 Å². The molecule has 132 valence electrons. The number of esters is 1. The van der Waals surface area contributed by atoms with Crippen LogP contribution in [0.4, 0.5) is 0 Å². The van der Waals surface area contributed by atoms with Crippen LogP contribution in [0.3, 0.4) is 0 Å². The van der Waals surface area contributed by atoms with Crippen LogP contribution in [0.1, 0.15) is 11.4 Å². The summed E-state index contributed by atoms with van der Waals surface area (Å²) in [5, 5.41) is 14.4. The Morgan fingerprint density at radius 2 is 2.27 bits per heavy atom. The molecule has 0 spiro atoms. The summed E-state index contributed by atoms with van der Waals surface area (Å²) in [6, 6.07) is 7.32. The fraction of sp³-hybridized carbons (Fsp3) is 0.125. The minimum absolute atomic E-state index is 0.194. The molecule has 2 heterocycles. The number of amides is 1. The van der Waals surface area contributed by atoms with E-state index in [1.54, 1.807) is 6.92 Å². The highest BCUT2D eigenvalue weighted by atomic mass is 32.2. The van der Waals surface area contributed by atoms with Gasteiger partial charge in [0.25, 0.3) is 11.8 Å². The number of nitrogens with zero attached hydrogens (tertiary/aromatic N) is 4. The van der Waals surface area contributed by atoms with Crippen molar-refractivity contribution in [3.05, 3.63) is 46.6 Å². The second-order valence-electron chi connectivity index (χ2n) is 5.01. The van der Waals surface area contributed by atoms with Gasteiger partial charge in [-0.2, -0.15) is 10.1 Å². The molecule has 0 radical (unpaired) electrons. The Morgan fingerprint density at radius 3 is 3.00 bits per heavy atom. The maximum Gasteiger partial charge on any atom is 0.331 e. The lowest BCUT2D eigenvalue weighted by Crippen LogP contribution is -2.19. The number of methoxy groups -OCH3 is 1. The molecule has 0 saturated carbocycles. The smallest absolute Gasteiger partial charge is 0.331 e. The molecule has 0 bridgehead atoms. The Balaban J connectivity index is 1.71. The number of nitrogens with one attached hydrogen (secondary N) is 1. The highest BCUT2D eigenvalue weighted by Gasteiger charge is 2.24. The molecule has 1 N–H and O–H groups in total. The SMILES string of the molecule is COC(=O)/C=C1/S/C(=N\N=Cc2cccc(-c3nc(C)no3)c2)NC1=O. The summed E-state index contributed by atoms with van der Waals surface area (Å²) in [6.07, 6.45) is 2.62. The average Bonchev–Trinajstić information content (AvgIpc) is 3.21. The van der Waals surface area contributed by atoms with Crippen molar-refractivity contribution in [1.29, 1.82) is 0 Å². The third-order valence-electron chi connectivity index (χ3n) is 3.12.